The van der Waals surface area contributed by atoms with Crippen molar-refractivity contribution < 1.29 is 4.79 Å². The molecule has 2 aromatic rings. The number of fused-ring (bicyclic) bond motifs is 1. The van der Waals surface area contributed by atoms with E-state index in [-0.39, 0.29) is 0 Å². The molecule has 4 heterocycles. The van der Waals surface area contributed by atoms with Crippen molar-refractivity contribution in [1.82, 2.24) is 14.9 Å². The van der Waals surface area contributed by atoms with Gasteiger partial charge in [-0.2, -0.15) is 4.98 Å². The standard InChI is InChI=1S/C20H27N5OS/c1-23(2)18-3-8-21-20(22-18)24-9-4-15(5-10-24)13-19(26)25-11-6-17-16(14-25)7-12-27-17/h3,7-8,12,15H,4-6,9-11,13-14H2,1-2H3. The van der Waals surface area contributed by atoms with Crippen LogP contribution >= 0.6 is 11.3 Å². The predicted molar refractivity (Wildman–Crippen MR) is 109 cm³/mol. The van der Waals surface area contributed by atoms with Crippen molar-refractivity contribution >= 4 is 29.0 Å². The van der Waals surface area contributed by atoms with E-state index in [0.29, 0.717) is 18.2 Å². The number of hydrogen-bond donors (Lipinski definition) is 0. The van der Waals surface area contributed by atoms with Crippen LogP contribution in [0.4, 0.5) is 11.8 Å². The van der Waals surface area contributed by atoms with Crippen LogP contribution in [0.3, 0.4) is 0 Å². The van der Waals surface area contributed by atoms with Crippen molar-refractivity contribution in [3.8, 4) is 0 Å². The van der Waals surface area contributed by atoms with E-state index in [2.05, 4.69) is 26.3 Å². The van der Waals surface area contributed by atoms with Crippen LogP contribution in [0.1, 0.15) is 29.7 Å². The van der Waals surface area contributed by atoms with Gasteiger partial charge in [0.05, 0.1) is 0 Å². The lowest BCUT2D eigenvalue weighted by Crippen LogP contribution is -2.39. The van der Waals surface area contributed by atoms with Crippen LogP contribution in [0.5, 0.6) is 0 Å². The smallest absolute Gasteiger partial charge is 0.227 e. The van der Waals surface area contributed by atoms with Crippen molar-refractivity contribution in [2.24, 2.45) is 5.92 Å². The molecular weight excluding hydrogens is 358 g/mol. The molecule has 0 unspecified atom stereocenters. The van der Waals surface area contributed by atoms with Gasteiger partial charge in [0.2, 0.25) is 11.9 Å². The molecule has 0 saturated carbocycles. The third-order valence-corrected chi connectivity index (χ3v) is 6.63. The second-order valence-corrected chi connectivity index (χ2v) is 8.68. The van der Waals surface area contributed by atoms with Crippen molar-refractivity contribution in [2.45, 2.75) is 32.2 Å². The molecule has 1 saturated heterocycles. The Bertz CT molecular complexity index is 797. The second-order valence-electron chi connectivity index (χ2n) is 7.68. The Hall–Kier alpha value is -2.15. The summed E-state index contributed by atoms with van der Waals surface area (Å²) in [4.78, 5) is 29.6. The summed E-state index contributed by atoms with van der Waals surface area (Å²) < 4.78 is 0. The van der Waals surface area contributed by atoms with Gasteiger partial charge in [0.25, 0.3) is 0 Å². The highest BCUT2D eigenvalue weighted by Gasteiger charge is 2.27. The number of anilines is 2. The first-order valence-corrected chi connectivity index (χ1v) is 10.6. The van der Waals surface area contributed by atoms with E-state index in [1.165, 1.54) is 10.4 Å². The maximum Gasteiger partial charge on any atom is 0.227 e. The van der Waals surface area contributed by atoms with E-state index < -0.39 is 0 Å². The highest BCUT2D eigenvalue weighted by molar-refractivity contribution is 7.10. The summed E-state index contributed by atoms with van der Waals surface area (Å²) in [5.74, 6) is 2.51. The predicted octanol–water partition coefficient (Wildman–Crippen LogP) is 2.80. The number of aromatic nitrogens is 2. The fourth-order valence-electron chi connectivity index (χ4n) is 3.92. The summed E-state index contributed by atoms with van der Waals surface area (Å²) >= 11 is 1.82. The molecule has 0 bridgehead atoms. The third-order valence-electron chi connectivity index (χ3n) is 5.61. The van der Waals surface area contributed by atoms with E-state index in [1.54, 1.807) is 0 Å². The molecule has 0 spiro atoms. The van der Waals surface area contributed by atoms with E-state index in [9.17, 15) is 4.79 Å². The van der Waals surface area contributed by atoms with Gasteiger partial charge in [-0.05, 0) is 48.3 Å². The lowest BCUT2D eigenvalue weighted by molar-refractivity contribution is -0.133. The topological polar surface area (TPSA) is 52.6 Å². The van der Waals surface area contributed by atoms with Gasteiger partial charge in [-0.15, -0.1) is 11.3 Å². The Morgan fingerprint density at radius 1 is 1.26 bits per heavy atom. The SMILES string of the molecule is CN(C)c1ccnc(N2CCC(CC(=O)N3CCc4sccc4C3)CC2)n1. The number of piperidine rings is 1. The molecule has 6 nitrogen and oxygen atoms in total. The molecular formula is C20H27N5OS. The number of thiophene rings is 1. The molecule has 0 aliphatic carbocycles. The Morgan fingerprint density at radius 2 is 2.07 bits per heavy atom. The molecule has 7 heteroatoms. The zero-order valence-electron chi connectivity index (χ0n) is 16.1. The van der Waals surface area contributed by atoms with Crippen molar-refractivity contribution in [2.75, 3.05) is 43.5 Å². The number of amides is 1. The monoisotopic (exact) mass is 385 g/mol. The van der Waals surface area contributed by atoms with Crippen LogP contribution in [0.25, 0.3) is 0 Å². The summed E-state index contributed by atoms with van der Waals surface area (Å²) in [7, 11) is 3.98. The van der Waals surface area contributed by atoms with Gasteiger partial charge in [-0.25, -0.2) is 4.98 Å². The zero-order valence-corrected chi connectivity index (χ0v) is 16.9. The maximum atomic E-state index is 12.8. The van der Waals surface area contributed by atoms with Gasteiger partial charge < -0.3 is 14.7 Å². The fraction of sp³-hybridized carbons (Fsp3) is 0.550. The minimum atomic E-state index is 0.316. The number of nitrogens with zero attached hydrogens (tertiary/aromatic N) is 5. The number of carbonyl (C=O) groups excluding carboxylic acids is 1. The minimum absolute atomic E-state index is 0.316. The van der Waals surface area contributed by atoms with Crippen molar-refractivity contribution in [3.63, 3.8) is 0 Å². The average molecular weight is 386 g/mol. The van der Waals surface area contributed by atoms with E-state index in [4.69, 9.17) is 0 Å². The van der Waals surface area contributed by atoms with Gasteiger partial charge in [0.1, 0.15) is 5.82 Å². The number of carbonyl (C=O) groups is 1. The summed E-state index contributed by atoms with van der Waals surface area (Å²) in [5, 5.41) is 2.14. The summed E-state index contributed by atoms with van der Waals surface area (Å²) in [6.45, 7) is 3.51. The fourth-order valence-corrected chi connectivity index (χ4v) is 4.80. The molecule has 144 valence electrons. The largest absolute Gasteiger partial charge is 0.363 e. The normalized spacial score (nSPS) is 17.7. The summed E-state index contributed by atoms with van der Waals surface area (Å²) in [5.41, 5.74) is 1.34. The van der Waals surface area contributed by atoms with E-state index >= 15 is 0 Å². The molecule has 0 radical (unpaired) electrons. The van der Waals surface area contributed by atoms with Crippen LogP contribution < -0.4 is 9.80 Å². The van der Waals surface area contributed by atoms with Gasteiger partial charge in [-0.3, -0.25) is 4.79 Å². The maximum absolute atomic E-state index is 12.8. The van der Waals surface area contributed by atoms with Crippen LogP contribution in [-0.2, 0) is 17.8 Å². The first-order chi connectivity index (χ1) is 13.1. The van der Waals surface area contributed by atoms with Gasteiger partial charge >= 0.3 is 0 Å². The zero-order chi connectivity index (χ0) is 18.8. The van der Waals surface area contributed by atoms with E-state index in [1.807, 2.05) is 47.5 Å². The van der Waals surface area contributed by atoms with Crippen molar-refractivity contribution in [1.29, 1.82) is 0 Å². The molecule has 1 fully saturated rings. The van der Waals surface area contributed by atoms with Crippen LogP contribution in [0.2, 0.25) is 0 Å². The highest BCUT2D eigenvalue weighted by Crippen LogP contribution is 2.28. The van der Waals surface area contributed by atoms with Gasteiger partial charge in [0.15, 0.2) is 0 Å². The second kappa shape index (κ2) is 7.84. The molecule has 27 heavy (non-hydrogen) atoms. The Kier molecular flexibility index (Phi) is 5.29. The first kappa shape index (κ1) is 18.2. The molecule has 1 amide bonds. The molecule has 2 aliphatic heterocycles. The lowest BCUT2D eigenvalue weighted by Gasteiger charge is -2.34. The molecule has 2 aromatic heterocycles. The molecule has 4 rings (SSSR count). The van der Waals surface area contributed by atoms with Crippen LogP contribution in [-0.4, -0.2) is 54.5 Å². The molecule has 0 aromatic carbocycles. The Morgan fingerprint density at radius 3 is 2.85 bits per heavy atom. The van der Waals surface area contributed by atoms with Crippen LogP contribution in [0.15, 0.2) is 23.7 Å². The molecule has 0 atom stereocenters. The van der Waals surface area contributed by atoms with Gasteiger partial charge in [0, 0.05) is 57.8 Å². The highest BCUT2D eigenvalue weighted by atomic mass is 32.1. The van der Waals surface area contributed by atoms with Crippen LogP contribution in [0, 0.1) is 5.92 Å². The first-order valence-electron chi connectivity index (χ1n) is 9.68. The number of rotatable bonds is 4. The summed E-state index contributed by atoms with van der Waals surface area (Å²) in [6, 6.07) is 4.09. The average Bonchev–Trinajstić information content (AvgIpc) is 3.16. The molecule has 0 N–H and O–H groups in total. The minimum Gasteiger partial charge on any atom is -0.363 e. The Labute approximate surface area is 164 Å². The molecule has 2 aliphatic rings. The van der Waals surface area contributed by atoms with Gasteiger partial charge in [-0.1, -0.05) is 0 Å². The lowest BCUT2D eigenvalue weighted by atomic mass is 9.92. The third kappa shape index (κ3) is 4.08. The summed E-state index contributed by atoms with van der Waals surface area (Å²) in [6.07, 6.45) is 5.56. The Balaban J connectivity index is 1.29. The quantitative estimate of drug-likeness (QED) is 0.810. The van der Waals surface area contributed by atoms with E-state index in [0.717, 1.165) is 57.2 Å². The number of hydrogen-bond acceptors (Lipinski definition) is 6. The van der Waals surface area contributed by atoms with Crippen molar-refractivity contribution in [3.05, 3.63) is 34.2 Å².